The number of carbonyl (C=O) groups excluding carboxylic acids is 3. The third kappa shape index (κ3) is 9.05. The number of ether oxygens (including phenoxy) is 1. The third-order valence-electron chi connectivity index (χ3n) is 6.17. The normalized spacial score (nSPS) is 12.3. The summed E-state index contributed by atoms with van der Waals surface area (Å²) >= 11 is 0. The quantitative estimate of drug-likeness (QED) is 0.257. The molecule has 0 aliphatic rings. The highest BCUT2D eigenvalue weighted by Gasteiger charge is 2.26. The van der Waals surface area contributed by atoms with E-state index >= 15 is 0 Å². The summed E-state index contributed by atoms with van der Waals surface area (Å²) in [6.07, 6.45) is 1.19. The van der Waals surface area contributed by atoms with E-state index in [1.165, 1.54) is 0 Å². The van der Waals surface area contributed by atoms with Gasteiger partial charge in [-0.3, -0.25) is 9.59 Å². The van der Waals surface area contributed by atoms with E-state index in [0.717, 1.165) is 27.8 Å². The number of rotatable bonds is 13. The predicted octanol–water partition coefficient (Wildman–Crippen LogP) is 3.60. The van der Waals surface area contributed by atoms with E-state index in [-0.39, 0.29) is 13.0 Å². The minimum Gasteiger partial charge on any atom is -0.445 e. The molecule has 3 aromatic rings. The van der Waals surface area contributed by atoms with Crippen LogP contribution in [0.2, 0.25) is 0 Å². The van der Waals surface area contributed by atoms with E-state index in [4.69, 9.17) is 16.2 Å². The van der Waals surface area contributed by atoms with Gasteiger partial charge < -0.3 is 26.8 Å². The van der Waals surface area contributed by atoms with Crippen LogP contribution in [0.4, 0.5) is 4.79 Å². The first-order chi connectivity index (χ1) is 18.4. The molecule has 2 atom stereocenters. The van der Waals surface area contributed by atoms with Crippen molar-refractivity contribution in [2.75, 3.05) is 6.54 Å². The van der Waals surface area contributed by atoms with Crippen LogP contribution in [0.25, 0.3) is 11.1 Å². The SMILES string of the molecule is Cc1cccc(-c2ccc(C[C@H](NC(=O)OCc3ccccc3)C(=O)N[C@@H](CCCCN)C(N)=O)cc2)c1. The fraction of sp³-hybridized carbons (Fsp3) is 0.300. The van der Waals surface area contributed by atoms with Gasteiger partial charge in [-0.25, -0.2) is 4.79 Å². The van der Waals surface area contributed by atoms with Crippen molar-refractivity contribution in [2.24, 2.45) is 11.5 Å². The fourth-order valence-electron chi connectivity index (χ4n) is 4.06. The van der Waals surface area contributed by atoms with E-state index in [9.17, 15) is 14.4 Å². The van der Waals surface area contributed by atoms with Crippen molar-refractivity contribution in [1.29, 1.82) is 0 Å². The highest BCUT2D eigenvalue weighted by atomic mass is 16.5. The first kappa shape index (κ1) is 28.4. The van der Waals surface area contributed by atoms with Crippen LogP contribution in [0.15, 0.2) is 78.9 Å². The zero-order chi connectivity index (χ0) is 27.3. The van der Waals surface area contributed by atoms with Crippen LogP contribution in [0, 0.1) is 6.92 Å². The molecule has 0 spiro atoms. The number of amides is 3. The Kier molecular flexibility index (Phi) is 10.9. The lowest BCUT2D eigenvalue weighted by Gasteiger charge is -2.22. The zero-order valence-electron chi connectivity index (χ0n) is 21.7. The van der Waals surface area contributed by atoms with Gasteiger partial charge in [-0.15, -0.1) is 0 Å². The van der Waals surface area contributed by atoms with Crippen molar-refractivity contribution >= 4 is 17.9 Å². The second kappa shape index (κ2) is 14.5. The summed E-state index contributed by atoms with van der Waals surface area (Å²) in [5, 5.41) is 5.35. The van der Waals surface area contributed by atoms with Crippen molar-refractivity contribution < 1.29 is 19.1 Å². The Labute approximate surface area is 223 Å². The lowest BCUT2D eigenvalue weighted by molar-refractivity contribution is -0.128. The summed E-state index contributed by atoms with van der Waals surface area (Å²) in [7, 11) is 0. The smallest absolute Gasteiger partial charge is 0.408 e. The van der Waals surface area contributed by atoms with Gasteiger partial charge in [0.05, 0.1) is 0 Å². The van der Waals surface area contributed by atoms with E-state index in [2.05, 4.69) is 16.7 Å². The Morgan fingerprint density at radius 3 is 2.21 bits per heavy atom. The van der Waals surface area contributed by atoms with Crippen LogP contribution in [-0.2, 0) is 27.4 Å². The van der Waals surface area contributed by atoms with E-state index < -0.39 is 30.0 Å². The molecular weight excluding hydrogens is 480 g/mol. The minimum absolute atomic E-state index is 0.0647. The molecule has 0 bridgehead atoms. The molecule has 200 valence electrons. The number of aryl methyl sites for hydroxylation is 1. The molecule has 8 nitrogen and oxygen atoms in total. The van der Waals surface area contributed by atoms with Crippen molar-refractivity contribution in [1.82, 2.24) is 10.6 Å². The highest BCUT2D eigenvalue weighted by Crippen LogP contribution is 2.21. The van der Waals surface area contributed by atoms with Gasteiger partial charge in [0.1, 0.15) is 18.7 Å². The highest BCUT2D eigenvalue weighted by molar-refractivity contribution is 5.91. The molecule has 0 unspecified atom stereocenters. The summed E-state index contributed by atoms with van der Waals surface area (Å²) in [5.41, 5.74) is 16.0. The lowest BCUT2D eigenvalue weighted by atomic mass is 9.99. The second-order valence-electron chi connectivity index (χ2n) is 9.28. The first-order valence-corrected chi connectivity index (χ1v) is 12.8. The van der Waals surface area contributed by atoms with Crippen molar-refractivity contribution in [2.45, 2.75) is 51.3 Å². The minimum atomic E-state index is -0.973. The van der Waals surface area contributed by atoms with Crippen LogP contribution < -0.4 is 22.1 Å². The van der Waals surface area contributed by atoms with Gasteiger partial charge in [0, 0.05) is 6.42 Å². The van der Waals surface area contributed by atoms with Crippen LogP contribution in [0.5, 0.6) is 0 Å². The first-order valence-electron chi connectivity index (χ1n) is 12.8. The largest absolute Gasteiger partial charge is 0.445 e. The molecule has 0 aliphatic heterocycles. The molecule has 3 amide bonds. The molecule has 0 saturated heterocycles. The number of alkyl carbamates (subject to hydrolysis) is 1. The van der Waals surface area contributed by atoms with Gasteiger partial charge in [-0.05, 0) is 55.0 Å². The van der Waals surface area contributed by atoms with Crippen LogP contribution in [0.1, 0.15) is 36.0 Å². The molecule has 0 aliphatic carbocycles. The molecule has 0 radical (unpaired) electrons. The molecule has 0 heterocycles. The zero-order valence-corrected chi connectivity index (χ0v) is 21.7. The number of hydrogen-bond acceptors (Lipinski definition) is 5. The molecular formula is C30H36N4O4. The fourth-order valence-corrected chi connectivity index (χ4v) is 4.06. The van der Waals surface area contributed by atoms with E-state index in [1.807, 2.05) is 79.7 Å². The molecule has 8 heteroatoms. The van der Waals surface area contributed by atoms with Crippen molar-refractivity contribution in [3.05, 3.63) is 95.6 Å². The number of nitrogens with two attached hydrogens (primary N) is 2. The Hall–Kier alpha value is -4.17. The topological polar surface area (TPSA) is 137 Å². The van der Waals surface area contributed by atoms with Crippen molar-refractivity contribution in [3.8, 4) is 11.1 Å². The molecule has 6 N–H and O–H groups in total. The molecule has 3 rings (SSSR count). The number of carbonyl (C=O) groups is 3. The third-order valence-corrected chi connectivity index (χ3v) is 6.17. The standard InChI is InChI=1S/C30H36N4O4/c1-21-8-7-11-25(18-21)24-15-13-22(14-16-24)19-27(29(36)33-26(28(32)35)12-5-6-17-31)34-30(37)38-20-23-9-3-2-4-10-23/h2-4,7-11,13-16,18,26-27H,5-6,12,17,19-20,31H2,1H3,(H2,32,35)(H,33,36)(H,34,37)/t26-,27-/m0/s1. The summed E-state index contributed by atoms with van der Waals surface area (Å²) in [6.45, 7) is 2.59. The summed E-state index contributed by atoms with van der Waals surface area (Å²) in [5.74, 6) is -1.15. The van der Waals surface area contributed by atoms with Crippen LogP contribution in [0.3, 0.4) is 0 Å². The number of unbranched alkanes of at least 4 members (excludes halogenated alkanes) is 1. The van der Waals surface area contributed by atoms with E-state index in [0.29, 0.717) is 25.8 Å². The Morgan fingerprint density at radius 2 is 1.55 bits per heavy atom. The predicted molar refractivity (Wildman–Crippen MR) is 148 cm³/mol. The van der Waals surface area contributed by atoms with Crippen LogP contribution >= 0.6 is 0 Å². The summed E-state index contributed by atoms with van der Waals surface area (Å²) < 4.78 is 5.33. The summed E-state index contributed by atoms with van der Waals surface area (Å²) in [6, 6.07) is 23.4. The number of nitrogens with one attached hydrogen (secondary N) is 2. The molecule has 0 saturated carbocycles. The van der Waals surface area contributed by atoms with Gasteiger partial charge in [-0.2, -0.15) is 0 Å². The van der Waals surface area contributed by atoms with Gasteiger partial charge >= 0.3 is 6.09 Å². The Bertz CT molecular complexity index is 1200. The second-order valence-corrected chi connectivity index (χ2v) is 9.28. The Morgan fingerprint density at radius 1 is 0.816 bits per heavy atom. The van der Waals surface area contributed by atoms with E-state index in [1.54, 1.807) is 0 Å². The number of primary amides is 1. The number of benzene rings is 3. The maximum absolute atomic E-state index is 13.2. The lowest BCUT2D eigenvalue weighted by Crippen LogP contribution is -2.53. The molecule has 3 aromatic carbocycles. The molecule has 38 heavy (non-hydrogen) atoms. The van der Waals surface area contributed by atoms with Crippen molar-refractivity contribution in [3.63, 3.8) is 0 Å². The number of hydrogen-bond donors (Lipinski definition) is 4. The Balaban J connectivity index is 1.72. The molecule has 0 aromatic heterocycles. The average molecular weight is 517 g/mol. The van der Waals surface area contributed by atoms with Gasteiger partial charge in [0.15, 0.2) is 0 Å². The van der Waals surface area contributed by atoms with Gasteiger partial charge in [0.2, 0.25) is 11.8 Å². The average Bonchev–Trinajstić information content (AvgIpc) is 2.92. The maximum Gasteiger partial charge on any atom is 0.408 e. The molecule has 0 fully saturated rings. The van der Waals surface area contributed by atoms with Crippen LogP contribution in [-0.4, -0.2) is 36.5 Å². The van der Waals surface area contributed by atoms with Gasteiger partial charge in [-0.1, -0.05) is 84.4 Å². The summed E-state index contributed by atoms with van der Waals surface area (Å²) in [4.78, 5) is 37.8. The maximum atomic E-state index is 13.2. The monoisotopic (exact) mass is 516 g/mol. The van der Waals surface area contributed by atoms with Gasteiger partial charge in [0.25, 0.3) is 0 Å².